The third-order valence-electron chi connectivity index (χ3n) is 1.77. The lowest BCUT2D eigenvalue weighted by atomic mass is 9.96. The summed E-state index contributed by atoms with van der Waals surface area (Å²) >= 11 is 0. The molecule has 108 valence electrons. The Balaban J connectivity index is 0. The quantitative estimate of drug-likeness (QED) is 0.644. The molecule has 0 bridgehead atoms. The lowest BCUT2D eigenvalue weighted by Gasteiger charge is -2.16. The van der Waals surface area contributed by atoms with Crippen LogP contribution in [-0.2, 0) is 14.3 Å². The van der Waals surface area contributed by atoms with Crippen molar-refractivity contribution in [2.75, 3.05) is 19.8 Å². The van der Waals surface area contributed by atoms with Crippen molar-refractivity contribution in [1.29, 1.82) is 0 Å². The van der Waals surface area contributed by atoms with Crippen LogP contribution in [0.15, 0.2) is 0 Å². The average Bonchev–Trinajstić information content (AvgIpc) is 2.25. The number of esters is 1. The molecule has 0 atom stereocenters. The summed E-state index contributed by atoms with van der Waals surface area (Å²) in [6.45, 7) is 8.31. The lowest BCUT2D eigenvalue weighted by molar-refractivity contribution is -0.150. The van der Waals surface area contributed by atoms with Gasteiger partial charge in [0.1, 0.15) is 6.61 Å². The highest BCUT2D eigenvalue weighted by molar-refractivity contribution is 5.73. The van der Waals surface area contributed by atoms with Gasteiger partial charge in [0, 0.05) is 0 Å². The Labute approximate surface area is 108 Å². The van der Waals surface area contributed by atoms with Crippen LogP contribution in [0.1, 0.15) is 34.6 Å². The second-order valence-corrected chi connectivity index (χ2v) is 5.73. The third-order valence-corrected chi connectivity index (χ3v) is 1.77. The van der Waals surface area contributed by atoms with E-state index < -0.39 is 24.0 Å². The van der Waals surface area contributed by atoms with Crippen molar-refractivity contribution in [2.24, 2.45) is 10.8 Å². The molecule has 6 heteroatoms. The van der Waals surface area contributed by atoms with Gasteiger partial charge < -0.3 is 20.1 Å². The van der Waals surface area contributed by atoms with Crippen molar-refractivity contribution < 1.29 is 29.6 Å². The van der Waals surface area contributed by atoms with Gasteiger partial charge in [-0.25, -0.2) is 4.79 Å². The van der Waals surface area contributed by atoms with E-state index in [1.54, 1.807) is 0 Å². The Morgan fingerprint density at radius 3 is 1.67 bits per heavy atom. The number of carbonyl (C=O) groups excluding carboxylic acids is 1. The highest BCUT2D eigenvalue weighted by Gasteiger charge is 2.25. The van der Waals surface area contributed by atoms with Gasteiger partial charge in [0.05, 0.1) is 18.6 Å². The van der Waals surface area contributed by atoms with E-state index in [9.17, 15) is 9.59 Å². The first-order valence-corrected chi connectivity index (χ1v) is 5.57. The molecule has 0 aromatic rings. The molecule has 0 aliphatic heterocycles. The monoisotopic (exact) mass is 264 g/mol. The van der Waals surface area contributed by atoms with E-state index in [0.29, 0.717) is 6.61 Å². The lowest BCUT2D eigenvalue weighted by Crippen LogP contribution is -2.27. The van der Waals surface area contributed by atoms with Gasteiger partial charge in [0.2, 0.25) is 0 Å². The summed E-state index contributed by atoms with van der Waals surface area (Å²) in [4.78, 5) is 20.5. The Bertz CT molecular complexity index is 264. The van der Waals surface area contributed by atoms with Crippen molar-refractivity contribution in [2.45, 2.75) is 34.6 Å². The second-order valence-electron chi connectivity index (χ2n) is 5.73. The van der Waals surface area contributed by atoms with E-state index in [1.807, 2.05) is 20.8 Å². The zero-order valence-electron chi connectivity index (χ0n) is 11.7. The van der Waals surface area contributed by atoms with E-state index >= 15 is 0 Å². The Hall–Kier alpha value is -1.14. The maximum absolute atomic E-state index is 10.4. The molecule has 0 rings (SSSR count). The van der Waals surface area contributed by atoms with Gasteiger partial charge >= 0.3 is 11.9 Å². The van der Waals surface area contributed by atoms with Gasteiger partial charge in [0.25, 0.3) is 0 Å². The van der Waals surface area contributed by atoms with Crippen LogP contribution < -0.4 is 0 Å². The normalized spacial score (nSPS) is 11.3. The van der Waals surface area contributed by atoms with Gasteiger partial charge in [-0.15, -0.1) is 0 Å². The van der Waals surface area contributed by atoms with Gasteiger partial charge in [-0.3, -0.25) is 4.79 Å². The van der Waals surface area contributed by atoms with Gasteiger partial charge in [-0.05, 0) is 19.3 Å². The van der Waals surface area contributed by atoms with Crippen LogP contribution in [0.2, 0.25) is 0 Å². The maximum atomic E-state index is 10.4. The molecule has 0 fully saturated rings. The number of carboxylic acids is 1. The van der Waals surface area contributed by atoms with Crippen LogP contribution in [0.25, 0.3) is 0 Å². The molecule has 3 N–H and O–H groups in total. The summed E-state index contributed by atoms with van der Waals surface area (Å²) < 4.78 is 4.67. The van der Waals surface area contributed by atoms with Crippen LogP contribution in [0.3, 0.4) is 0 Å². The maximum Gasteiger partial charge on any atom is 0.331 e. The van der Waals surface area contributed by atoms with E-state index in [1.165, 1.54) is 13.8 Å². The van der Waals surface area contributed by atoms with Crippen molar-refractivity contribution in [1.82, 2.24) is 0 Å². The van der Waals surface area contributed by atoms with E-state index in [0.717, 1.165) is 0 Å². The summed E-state index contributed by atoms with van der Waals surface area (Å²) in [5.41, 5.74) is -1.01. The molecule has 0 unspecified atom stereocenters. The number of carbonyl (C=O) groups is 2. The van der Waals surface area contributed by atoms with Crippen LogP contribution in [0, 0.1) is 10.8 Å². The summed E-state index contributed by atoms with van der Waals surface area (Å²) in [5.74, 6) is -1.53. The summed E-state index contributed by atoms with van der Waals surface area (Å²) in [6, 6.07) is 0. The largest absolute Gasteiger partial charge is 0.481 e. The number of aliphatic hydroxyl groups is 2. The number of ether oxygens (including phenoxy) is 1. The van der Waals surface area contributed by atoms with Crippen LogP contribution in [-0.4, -0.2) is 47.1 Å². The van der Waals surface area contributed by atoms with Crippen molar-refractivity contribution >= 4 is 11.9 Å². The van der Waals surface area contributed by atoms with E-state index in [2.05, 4.69) is 4.74 Å². The van der Waals surface area contributed by atoms with Crippen LogP contribution >= 0.6 is 0 Å². The molecule has 0 amide bonds. The fourth-order valence-corrected chi connectivity index (χ4v) is 0.410. The number of rotatable bonds is 4. The van der Waals surface area contributed by atoms with E-state index in [-0.39, 0.29) is 12.0 Å². The molecule has 0 radical (unpaired) electrons. The average molecular weight is 264 g/mol. The van der Waals surface area contributed by atoms with Crippen molar-refractivity contribution in [3.05, 3.63) is 0 Å². The molecule has 18 heavy (non-hydrogen) atoms. The molecule has 0 aliphatic carbocycles. The number of aliphatic carboxylic acids is 1. The molecular weight excluding hydrogens is 240 g/mol. The topological polar surface area (TPSA) is 104 Å². The highest BCUT2D eigenvalue weighted by atomic mass is 16.5. The highest BCUT2D eigenvalue weighted by Crippen LogP contribution is 2.12. The smallest absolute Gasteiger partial charge is 0.331 e. The predicted molar refractivity (Wildman–Crippen MR) is 66.0 cm³/mol. The standard InChI is InChI=1S/C7H14O3.C5H10O3/c1-7(2,3)5-10-6(9)4-8;1-5(2,3-6)4(7)8/h8H,4-5H2,1-3H3;6H,3H2,1-2H3,(H,7,8). The minimum Gasteiger partial charge on any atom is -0.481 e. The Kier molecular flexibility index (Phi) is 8.59. The summed E-state index contributed by atoms with van der Waals surface area (Å²) in [6.07, 6.45) is 0. The van der Waals surface area contributed by atoms with Crippen LogP contribution in [0.4, 0.5) is 0 Å². The zero-order valence-corrected chi connectivity index (χ0v) is 11.7. The number of carboxylic acid groups (broad SMARTS) is 1. The van der Waals surface area contributed by atoms with Gasteiger partial charge in [-0.1, -0.05) is 20.8 Å². The molecule has 6 nitrogen and oxygen atoms in total. The zero-order chi connectivity index (χ0) is 15.0. The minimum atomic E-state index is -0.986. The SMILES string of the molecule is CC(C)(C)COC(=O)CO.CC(C)(CO)C(=O)O. The molecule has 0 saturated heterocycles. The first-order valence-electron chi connectivity index (χ1n) is 5.57. The van der Waals surface area contributed by atoms with E-state index in [4.69, 9.17) is 15.3 Å². The summed E-state index contributed by atoms with van der Waals surface area (Å²) in [7, 11) is 0. The van der Waals surface area contributed by atoms with Crippen molar-refractivity contribution in [3.8, 4) is 0 Å². The number of hydrogen-bond acceptors (Lipinski definition) is 5. The van der Waals surface area contributed by atoms with Gasteiger partial charge in [-0.2, -0.15) is 0 Å². The fourth-order valence-electron chi connectivity index (χ4n) is 0.410. The number of hydrogen-bond donors (Lipinski definition) is 3. The Morgan fingerprint density at radius 1 is 1.06 bits per heavy atom. The molecule has 0 aromatic heterocycles. The third kappa shape index (κ3) is 11.3. The fraction of sp³-hybridized carbons (Fsp3) is 0.833. The predicted octanol–water partition coefficient (Wildman–Crippen LogP) is 0.657. The first-order chi connectivity index (χ1) is 7.96. The molecule has 0 spiro atoms. The molecular formula is C12H24O6. The van der Waals surface area contributed by atoms with Crippen molar-refractivity contribution in [3.63, 3.8) is 0 Å². The minimum absolute atomic E-state index is 0.0230. The summed E-state index contributed by atoms with van der Waals surface area (Å²) in [5, 5.41) is 24.9. The molecule has 0 saturated carbocycles. The van der Waals surface area contributed by atoms with Crippen LogP contribution in [0.5, 0.6) is 0 Å². The Morgan fingerprint density at radius 2 is 1.50 bits per heavy atom. The first kappa shape index (κ1) is 19.2. The van der Waals surface area contributed by atoms with Gasteiger partial charge in [0.15, 0.2) is 0 Å². The molecule has 0 aliphatic rings. The number of aliphatic hydroxyl groups excluding tert-OH is 2. The molecule has 0 heterocycles. The molecule has 0 aromatic carbocycles. The second kappa shape index (κ2) is 8.05.